The Morgan fingerprint density at radius 1 is 1.22 bits per heavy atom. The van der Waals surface area contributed by atoms with E-state index in [1.165, 1.54) is 32.1 Å². The zero-order valence-electron chi connectivity index (χ0n) is 13.8. The van der Waals surface area contributed by atoms with Gasteiger partial charge in [0.15, 0.2) is 0 Å². The average molecular weight is 314 g/mol. The lowest BCUT2D eigenvalue weighted by atomic mass is 9.79. The lowest BCUT2D eigenvalue weighted by Crippen LogP contribution is -2.46. The van der Waals surface area contributed by atoms with Crippen LogP contribution < -0.4 is 15.4 Å². The van der Waals surface area contributed by atoms with Gasteiger partial charge in [-0.05, 0) is 67.1 Å². The van der Waals surface area contributed by atoms with Crippen molar-refractivity contribution in [2.45, 2.75) is 44.7 Å². The summed E-state index contributed by atoms with van der Waals surface area (Å²) in [5.41, 5.74) is 1.06. The number of benzene rings is 1. The van der Waals surface area contributed by atoms with E-state index >= 15 is 0 Å². The fourth-order valence-corrected chi connectivity index (χ4v) is 5.42. The lowest BCUT2D eigenvalue weighted by Gasteiger charge is -2.32. The molecule has 0 heterocycles. The van der Waals surface area contributed by atoms with Gasteiger partial charge in [-0.3, -0.25) is 0 Å². The van der Waals surface area contributed by atoms with Crippen LogP contribution in [0.5, 0.6) is 5.75 Å². The molecule has 0 unspecified atom stereocenters. The summed E-state index contributed by atoms with van der Waals surface area (Å²) in [5.74, 6) is 4.28. The average Bonchev–Trinajstić information content (AvgIpc) is 3.26. The van der Waals surface area contributed by atoms with E-state index in [0.29, 0.717) is 12.6 Å². The second kappa shape index (κ2) is 6.06. The number of ether oxygens (including phenoxy) is 1. The molecule has 1 aromatic rings. The lowest BCUT2D eigenvalue weighted by molar-refractivity contribution is 0.197. The Balaban J connectivity index is 1.29. The van der Waals surface area contributed by atoms with Crippen molar-refractivity contribution in [1.82, 2.24) is 10.6 Å². The van der Waals surface area contributed by atoms with E-state index < -0.39 is 0 Å². The summed E-state index contributed by atoms with van der Waals surface area (Å²) in [6, 6.07) is 8.19. The normalized spacial score (nSPS) is 34.2. The minimum atomic E-state index is -0.0279. The summed E-state index contributed by atoms with van der Waals surface area (Å²) >= 11 is 0. The van der Waals surface area contributed by atoms with Crippen LogP contribution in [-0.4, -0.2) is 19.2 Å². The van der Waals surface area contributed by atoms with Crippen molar-refractivity contribution in [2.75, 3.05) is 7.11 Å². The highest BCUT2D eigenvalue weighted by Gasteiger charge is 2.53. The minimum absolute atomic E-state index is 0.0279. The Hall–Kier alpha value is -1.71. The highest BCUT2D eigenvalue weighted by molar-refractivity contribution is 5.74. The smallest absolute Gasteiger partial charge is 0.315 e. The van der Waals surface area contributed by atoms with Gasteiger partial charge in [0.2, 0.25) is 0 Å². The van der Waals surface area contributed by atoms with Crippen LogP contribution in [-0.2, 0) is 6.54 Å². The molecule has 0 saturated heterocycles. The number of carbonyl (C=O) groups excluding carboxylic acids is 1. The van der Waals surface area contributed by atoms with Crippen LogP contribution in [0.2, 0.25) is 0 Å². The zero-order chi connectivity index (χ0) is 15.8. The third-order valence-corrected chi connectivity index (χ3v) is 6.33. The van der Waals surface area contributed by atoms with Gasteiger partial charge in [-0.2, -0.15) is 0 Å². The number of carbonyl (C=O) groups is 1. The van der Waals surface area contributed by atoms with Gasteiger partial charge in [-0.1, -0.05) is 18.6 Å². The predicted molar refractivity (Wildman–Crippen MR) is 89.2 cm³/mol. The van der Waals surface area contributed by atoms with Gasteiger partial charge in [0.25, 0.3) is 0 Å². The summed E-state index contributed by atoms with van der Waals surface area (Å²) < 4.78 is 5.21. The molecule has 3 saturated carbocycles. The molecule has 5 atom stereocenters. The second-order valence-corrected chi connectivity index (χ2v) is 7.44. The molecule has 0 aliphatic heterocycles. The molecule has 0 spiro atoms. The number of nitrogens with one attached hydrogen (secondary N) is 2. The molecule has 1 aromatic carbocycles. The quantitative estimate of drug-likeness (QED) is 0.896. The molecule has 3 aliphatic carbocycles. The molecule has 23 heavy (non-hydrogen) atoms. The summed E-state index contributed by atoms with van der Waals surface area (Å²) in [5, 5.41) is 6.23. The first-order valence-corrected chi connectivity index (χ1v) is 8.92. The second-order valence-electron chi connectivity index (χ2n) is 7.44. The topological polar surface area (TPSA) is 50.4 Å². The molecule has 3 fully saturated rings. The molecule has 4 nitrogen and oxygen atoms in total. The number of hydrogen-bond donors (Lipinski definition) is 2. The maximum absolute atomic E-state index is 12.2. The van der Waals surface area contributed by atoms with Gasteiger partial charge in [0, 0.05) is 12.6 Å². The molecule has 0 aromatic heterocycles. The molecule has 4 heteroatoms. The van der Waals surface area contributed by atoms with Crippen LogP contribution in [0.15, 0.2) is 24.3 Å². The van der Waals surface area contributed by atoms with Crippen molar-refractivity contribution < 1.29 is 9.53 Å². The van der Waals surface area contributed by atoms with Crippen molar-refractivity contribution in [3.8, 4) is 5.75 Å². The van der Waals surface area contributed by atoms with Gasteiger partial charge in [0.1, 0.15) is 5.75 Å². The number of rotatable bonds is 4. The van der Waals surface area contributed by atoms with Gasteiger partial charge >= 0.3 is 6.03 Å². The molecule has 3 aliphatic rings. The van der Waals surface area contributed by atoms with Gasteiger partial charge in [-0.15, -0.1) is 0 Å². The Morgan fingerprint density at radius 2 is 2.09 bits per heavy atom. The molecular weight excluding hydrogens is 288 g/mol. The number of urea groups is 1. The monoisotopic (exact) mass is 314 g/mol. The fraction of sp³-hybridized carbons (Fsp3) is 0.632. The molecular formula is C19H26N2O2. The Kier molecular flexibility index (Phi) is 3.92. The Morgan fingerprint density at radius 3 is 2.96 bits per heavy atom. The Labute approximate surface area is 138 Å². The van der Waals surface area contributed by atoms with Crippen LogP contribution in [0, 0.1) is 23.7 Å². The molecule has 4 rings (SSSR count). The third-order valence-electron chi connectivity index (χ3n) is 6.33. The van der Waals surface area contributed by atoms with E-state index in [0.717, 1.165) is 35.0 Å². The molecule has 2 bridgehead atoms. The van der Waals surface area contributed by atoms with Crippen LogP contribution in [0.4, 0.5) is 4.79 Å². The zero-order valence-corrected chi connectivity index (χ0v) is 13.8. The standard InChI is InChI=1S/C19H26N2O2/c1-23-14-5-2-4-12(8-14)11-20-19(22)21-18-10-13-9-17(18)16-7-3-6-15(13)16/h2,4-5,8,13,15-18H,3,6-7,9-11H2,1H3,(H2,20,21,22)/t13-,15-,16-,17+,18-/m1/s1. The first-order valence-electron chi connectivity index (χ1n) is 8.92. The highest BCUT2D eigenvalue weighted by atomic mass is 16.5. The number of amides is 2. The first kappa shape index (κ1) is 14.9. The number of fused-ring (bicyclic) bond motifs is 5. The van der Waals surface area contributed by atoms with Gasteiger partial charge < -0.3 is 15.4 Å². The SMILES string of the molecule is COc1cccc(CNC(=O)N[C@@H]2C[C@H]3C[C@H]2[C@@H]2CCC[C@H]32)c1. The van der Waals surface area contributed by atoms with E-state index in [-0.39, 0.29) is 6.03 Å². The fourth-order valence-electron chi connectivity index (χ4n) is 5.42. The van der Waals surface area contributed by atoms with E-state index in [1.807, 2.05) is 24.3 Å². The van der Waals surface area contributed by atoms with Crippen LogP contribution in [0.3, 0.4) is 0 Å². The van der Waals surface area contributed by atoms with Crippen LogP contribution in [0.25, 0.3) is 0 Å². The van der Waals surface area contributed by atoms with E-state index in [2.05, 4.69) is 10.6 Å². The number of methoxy groups -OCH3 is 1. The van der Waals surface area contributed by atoms with Crippen molar-refractivity contribution in [2.24, 2.45) is 23.7 Å². The summed E-state index contributed by atoms with van der Waals surface area (Å²) in [6.45, 7) is 0.538. The van der Waals surface area contributed by atoms with Crippen LogP contribution >= 0.6 is 0 Å². The highest BCUT2D eigenvalue weighted by Crippen LogP contribution is 2.58. The first-order chi connectivity index (χ1) is 11.2. The predicted octanol–water partition coefficient (Wildman–Crippen LogP) is 3.32. The van der Waals surface area contributed by atoms with Gasteiger partial charge in [0.05, 0.1) is 7.11 Å². The van der Waals surface area contributed by atoms with Crippen molar-refractivity contribution in [1.29, 1.82) is 0 Å². The number of hydrogen-bond acceptors (Lipinski definition) is 2. The summed E-state index contributed by atoms with van der Waals surface area (Å²) in [7, 11) is 1.66. The molecule has 0 radical (unpaired) electrons. The third kappa shape index (κ3) is 2.79. The van der Waals surface area contributed by atoms with Crippen molar-refractivity contribution in [3.05, 3.63) is 29.8 Å². The van der Waals surface area contributed by atoms with Crippen molar-refractivity contribution >= 4 is 6.03 Å². The Bertz CT molecular complexity index is 588. The van der Waals surface area contributed by atoms with Crippen molar-refractivity contribution in [3.63, 3.8) is 0 Å². The van der Waals surface area contributed by atoms with E-state index in [4.69, 9.17) is 4.74 Å². The molecule has 124 valence electrons. The maximum Gasteiger partial charge on any atom is 0.315 e. The van der Waals surface area contributed by atoms with Crippen LogP contribution in [0.1, 0.15) is 37.7 Å². The van der Waals surface area contributed by atoms with E-state index in [9.17, 15) is 4.79 Å². The molecule has 2 amide bonds. The summed E-state index contributed by atoms with van der Waals surface area (Å²) in [4.78, 5) is 12.2. The largest absolute Gasteiger partial charge is 0.497 e. The van der Waals surface area contributed by atoms with E-state index in [1.54, 1.807) is 7.11 Å². The van der Waals surface area contributed by atoms with Gasteiger partial charge in [-0.25, -0.2) is 4.79 Å². The maximum atomic E-state index is 12.2. The summed E-state index contributed by atoms with van der Waals surface area (Å²) in [6.07, 6.45) is 6.75. The minimum Gasteiger partial charge on any atom is -0.497 e. The molecule has 2 N–H and O–H groups in total.